The zero-order valence-corrected chi connectivity index (χ0v) is 33.4. The van der Waals surface area contributed by atoms with E-state index < -0.39 is 32.8 Å². The number of amides is 1. The minimum absolute atomic E-state index is 0.0372. The molecule has 53 heavy (non-hydrogen) atoms. The van der Waals surface area contributed by atoms with Gasteiger partial charge in [-0.1, -0.05) is 57.2 Å². The number of phenolic OH excluding ortho intramolecular Hbond substituents is 1. The molecule has 0 unspecified atom stereocenters. The number of morpholine rings is 1. The second kappa shape index (κ2) is 15.3. The maximum absolute atomic E-state index is 14.9. The third kappa shape index (κ3) is 9.09. The fourth-order valence-electron chi connectivity index (χ4n) is 7.12. The van der Waals surface area contributed by atoms with Crippen LogP contribution in [0.4, 0.5) is 8.78 Å². The van der Waals surface area contributed by atoms with Gasteiger partial charge in [-0.2, -0.15) is 8.78 Å². The summed E-state index contributed by atoms with van der Waals surface area (Å²) in [5, 5.41) is 15.0. The molecule has 2 fully saturated rings. The van der Waals surface area contributed by atoms with E-state index in [0.717, 1.165) is 27.8 Å². The molecule has 9 nitrogen and oxygen atoms in total. The van der Waals surface area contributed by atoms with Crippen LogP contribution in [0.3, 0.4) is 0 Å². The Balaban J connectivity index is 1.07. The number of pyridine rings is 1. The summed E-state index contributed by atoms with van der Waals surface area (Å²) in [6.45, 7) is 15.0. The molecule has 2 aliphatic heterocycles. The standard InChI is InChI=1S/C40H52F2N4O5SSi/c1-28-13-15-33(52-28)37(49)45-26-39(51-40(41,42)27-45)18-21-44(22-19-39)25-30-10-7-9-29(23-30)17-20-43-24-35(50-53(5,6)38(2,3)4)46-34(48)16-14-31-11-8-12-32(47)36(31)46/h7-16,23,35,43,47H,17-22,24-27H2,1-6H3/t35-/m0/s1. The topological polar surface area (TPSA) is 96.3 Å². The van der Waals surface area contributed by atoms with Crippen LogP contribution in [0.25, 0.3) is 10.9 Å². The lowest BCUT2D eigenvalue weighted by Crippen LogP contribution is -2.62. The van der Waals surface area contributed by atoms with E-state index >= 15 is 0 Å². The van der Waals surface area contributed by atoms with Gasteiger partial charge in [0.05, 0.1) is 22.5 Å². The van der Waals surface area contributed by atoms with Crippen LogP contribution in [-0.4, -0.2) is 84.7 Å². The first-order valence-corrected chi connectivity index (χ1v) is 22.1. The van der Waals surface area contributed by atoms with Gasteiger partial charge in [-0.3, -0.25) is 19.1 Å². The van der Waals surface area contributed by atoms with E-state index in [-0.39, 0.29) is 28.8 Å². The predicted octanol–water partition coefficient (Wildman–Crippen LogP) is 7.53. The molecule has 6 rings (SSSR count). The number of rotatable bonds is 11. The number of alkyl halides is 2. The van der Waals surface area contributed by atoms with Crippen molar-refractivity contribution in [1.82, 2.24) is 19.7 Å². The Morgan fingerprint density at radius 3 is 2.45 bits per heavy atom. The monoisotopic (exact) mass is 766 g/mol. The van der Waals surface area contributed by atoms with Gasteiger partial charge in [0.2, 0.25) is 0 Å². The SMILES string of the molecule is Cc1ccc(C(=O)N2CC(F)(F)OC3(CCN(Cc4cccc(CCNC[C@H](O[Si](C)(C)C(C)(C)C)n5c(=O)ccc6cccc(O)c65)c4)CC3)C2)s1. The number of carbonyl (C=O) groups excluding carboxylic acids is 1. The van der Waals surface area contributed by atoms with E-state index in [1.54, 1.807) is 28.8 Å². The summed E-state index contributed by atoms with van der Waals surface area (Å²) in [6.07, 6.45) is -2.44. The molecule has 2 aromatic heterocycles. The number of carbonyl (C=O) groups is 1. The third-order valence-corrected chi connectivity index (χ3v) is 16.4. The minimum atomic E-state index is -3.39. The fourth-order valence-corrected chi connectivity index (χ4v) is 9.18. The first kappa shape index (κ1) is 39.2. The zero-order chi connectivity index (χ0) is 38.2. The fraction of sp³-hybridized carbons (Fsp3) is 0.500. The molecule has 286 valence electrons. The van der Waals surface area contributed by atoms with Crippen LogP contribution in [0.2, 0.25) is 18.1 Å². The average Bonchev–Trinajstić information content (AvgIpc) is 3.52. The summed E-state index contributed by atoms with van der Waals surface area (Å²) >= 11 is 1.32. The number of nitrogens with one attached hydrogen (secondary N) is 1. The average molecular weight is 767 g/mol. The Bertz CT molecular complexity index is 1990. The highest BCUT2D eigenvalue weighted by atomic mass is 32.1. The van der Waals surface area contributed by atoms with Gasteiger partial charge >= 0.3 is 6.11 Å². The lowest BCUT2D eigenvalue weighted by atomic mass is 9.88. The molecular formula is C40H52F2N4O5SSi. The van der Waals surface area contributed by atoms with Gasteiger partial charge in [-0.05, 0) is 86.3 Å². The number of para-hydroxylation sites is 1. The van der Waals surface area contributed by atoms with E-state index in [1.807, 2.05) is 25.1 Å². The molecular weight excluding hydrogens is 715 g/mol. The Morgan fingerprint density at radius 1 is 1.04 bits per heavy atom. The Labute approximate surface area is 315 Å². The number of halogens is 2. The first-order chi connectivity index (χ1) is 24.9. The molecule has 0 aliphatic carbocycles. The van der Waals surface area contributed by atoms with Crippen LogP contribution >= 0.6 is 11.3 Å². The number of benzene rings is 2. The van der Waals surface area contributed by atoms with Crippen molar-refractivity contribution in [3.8, 4) is 5.75 Å². The van der Waals surface area contributed by atoms with Crippen LogP contribution in [0.5, 0.6) is 5.75 Å². The lowest BCUT2D eigenvalue weighted by Gasteiger charge is -2.49. The summed E-state index contributed by atoms with van der Waals surface area (Å²) < 4.78 is 43.6. The molecule has 2 saturated heterocycles. The maximum atomic E-state index is 14.9. The van der Waals surface area contributed by atoms with Crippen molar-refractivity contribution in [3.05, 3.63) is 98.0 Å². The molecule has 2 aliphatic rings. The van der Waals surface area contributed by atoms with E-state index in [9.17, 15) is 23.5 Å². The summed E-state index contributed by atoms with van der Waals surface area (Å²) in [5.41, 5.74) is 1.44. The number of fused-ring (bicyclic) bond motifs is 1. The van der Waals surface area contributed by atoms with Gasteiger partial charge in [-0.15, -0.1) is 11.3 Å². The normalized spacial score (nSPS) is 18.5. The van der Waals surface area contributed by atoms with Crippen LogP contribution in [0.1, 0.15) is 65.5 Å². The van der Waals surface area contributed by atoms with Crippen molar-refractivity contribution in [2.45, 2.75) is 89.6 Å². The molecule has 0 bridgehead atoms. The molecule has 2 N–H and O–H groups in total. The number of hydrogen-bond acceptors (Lipinski definition) is 8. The van der Waals surface area contributed by atoms with Crippen LogP contribution < -0.4 is 10.9 Å². The molecule has 0 radical (unpaired) electrons. The number of piperidine rings is 1. The first-order valence-electron chi connectivity index (χ1n) is 18.4. The van der Waals surface area contributed by atoms with Crippen LogP contribution in [0, 0.1) is 6.92 Å². The lowest BCUT2D eigenvalue weighted by molar-refractivity contribution is -0.332. The summed E-state index contributed by atoms with van der Waals surface area (Å²) in [4.78, 5) is 31.4. The molecule has 13 heteroatoms. The molecule has 1 atom stereocenters. The maximum Gasteiger partial charge on any atom is 0.373 e. The molecule has 4 heterocycles. The quantitative estimate of drug-likeness (QED) is 0.120. The Kier molecular flexibility index (Phi) is 11.4. The number of likely N-dealkylation sites (tertiary alicyclic amines) is 1. The number of thiophene rings is 1. The van der Waals surface area contributed by atoms with E-state index in [2.05, 4.69) is 62.3 Å². The van der Waals surface area contributed by atoms with Crippen LogP contribution in [0.15, 0.2) is 71.5 Å². The Morgan fingerprint density at radius 2 is 1.75 bits per heavy atom. The molecule has 1 amide bonds. The van der Waals surface area contributed by atoms with Gasteiger partial charge in [0.1, 0.15) is 18.5 Å². The van der Waals surface area contributed by atoms with Crippen molar-refractivity contribution < 1.29 is 27.8 Å². The van der Waals surface area contributed by atoms with Crippen LogP contribution in [-0.2, 0) is 22.1 Å². The number of aromatic nitrogens is 1. The third-order valence-electron chi connectivity index (χ3n) is 11.0. The van der Waals surface area contributed by atoms with Crippen molar-refractivity contribution >= 4 is 36.5 Å². The molecule has 1 spiro atoms. The van der Waals surface area contributed by atoms with Crippen molar-refractivity contribution in [2.75, 3.05) is 39.3 Å². The largest absolute Gasteiger partial charge is 0.506 e. The summed E-state index contributed by atoms with van der Waals surface area (Å²) in [7, 11) is -2.32. The summed E-state index contributed by atoms with van der Waals surface area (Å²) in [5.74, 6) is -0.324. The minimum Gasteiger partial charge on any atom is -0.506 e. The highest BCUT2D eigenvalue weighted by Gasteiger charge is 2.52. The van der Waals surface area contributed by atoms with Gasteiger partial charge < -0.3 is 24.5 Å². The molecule has 4 aromatic rings. The van der Waals surface area contributed by atoms with Gasteiger partial charge in [0.15, 0.2) is 8.32 Å². The number of phenols is 1. The van der Waals surface area contributed by atoms with E-state index in [0.29, 0.717) is 56.0 Å². The number of hydrogen-bond donors (Lipinski definition) is 2. The second-order valence-corrected chi connectivity index (χ2v) is 22.2. The highest BCUT2D eigenvalue weighted by molar-refractivity contribution is 7.13. The van der Waals surface area contributed by atoms with E-state index in [4.69, 9.17) is 9.16 Å². The number of nitrogens with zero attached hydrogens (tertiary/aromatic N) is 3. The number of aromatic hydroxyl groups is 1. The van der Waals surface area contributed by atoms with Gasteiger partial charge in [-0.25, -0.2) is 0 Å². The second-order valence-electron chi connectivity index (χ2n) is 16.1. The highest BCUT2D eigenvalue weighted by Crippen LogP contribution is 2.41. The number of ether oxygens (including phenoxy) is 1. The Hall–Kier alpha value is -3.46. The van der Waals surface area contributed by atoms with Crippen molar-refractivity contribution in [3.63, 3.8) is 0 Å². The van der Waals surface area contributed by atoms with Gasteiger partial charge in [0.25, 0.3) is 11.5 Å². The van der Waals surface area contributed by atoms with Crippen molar-refractivity contribution in [1.29, 1.82) is 0 Å². The van der Waals surface area contributed by atoms with Crippen molar-refractivity contribution in [2.24, 2.45) is 0 Å². The zero-order valence-electron chi connectivity index (χ0n) is 31.6. The summed E-state index contributed by atoms with van der Waals surface area (Å²) in [6, 6.07) is 20.4. The molecule has 2 aromatic carbocycles. The van der Waals surface area contributed by atoms with Gasteiger partial charge in [0, 0.05) is 42.5 Å². The molecule has 0 saturated carbocycles. The number of aryl methyl sites for hydroxylation is 1. The predicted molar refractivity (Wildman–Crippen MR) is 208 cm³/mol. The van der Waals surface area contributed by atoms with E-state index in [1.165, 1.54) is 22.3 Å². The smallest absolute Gasteiger partial charge is 0.373 e.